The van der Waals surface area contributed by atoms with E-state index in [2.05, 4.69) is 5.32 Å². The van der Waals surface area contributed by atoms with Gasteiger partial charge in [-0.1, -0.05) is 0 Å². The molecule has 88 valence electrons. The first-order valence-corrected chi connectivity index (χ1v) is 6.16. The molecule has 1 N–H and O–H groups in total. The van der Waals surface area contributed by atoms with Gasteiger partial charge in [0.15, 0.2) is 0 Å². The van der Waals surface area contributed by atoms with Gasteiger partial charge in [0.2, 0.25) is 0 Å². The van der Waals surface area contributed by atoms with Gasteiger partial charge in [0.1, 0.15) is 5.82 Å². The fourth-order valence-corrected chi connectivity index (χ4v) is 1.60. The summed E-state index contributed by atoms with van der Waals surface area (Å²) in [6, 6.07) is 3.61. The second-order valence-electron chi connectivity index (χ2n) is 3.24. The number of benzene rings is 1. The number of non-ortho nitro benzene ring substituents is 1. The summed E-state index contributed by atoms with van der Waals surface area (Å²) >= 11 is 1.70. The minimum atomic E-state index is -0.589. The molecule has 0 bridgehead atoms. The molecule has 0 fully saturated rings. The minimum Gasteiger partial charge on any atom is -0.312 e. The summed E-state index contributed by atoms with van der Waals surface area (Å²) in [4.78, 5) is 9.91. The number of hydrogen-bond donors (Lipinski definition) is 1. The van der Waals surface area contributed by atoms with Crippen molar-refractivity contribution in [2.75, 3.05) is 18.6 Å². The molecule has 1 aromatic rings. The van der Waals surface area contributed by atoms with Crippen molar-refractivity contribution < 1.29 is 9.31 Å². The molecule has 0 heterocycles. The van der Waals surface area contributed by atoms with E-state index in [-0.39, 0.29) is 5.69 Å². The van der Waals surface area contributed by atoms with Crippen LogP contribution in [0.4, 0.5) is 10.1 Å². The van der Waals surface area contributed by atoms with Crippen LogP contribution in [0, 0.1) is 15.9 Å². The van der Waals surface area contributed by atoms with Gasteiger partial charge in [0, 0.05) is 24.9 Å². The van der Waals surface area contributed by atoms with Gasteiger partial charge in [0.25, 0.3) is 5.69 Å². The molecular formula is C10H13FN2O2S. The summed E-state index contributed by atoms with van der Waals surface area (Å²) in [5, 5.41) is 13.6. The number of nitrogens with one attached hydrogen (secondary N) is 1. The molecule has 0 atom stereocenters. The van der Waals surface area contributed by atoms with Crippen molar-refractivity contribution in [3.63, 3.8) is 0 Å². The number of halogens is 1. The van der Waals surface area contributed by atoms with E-state index < -0.39 is 10.7 Å². The lowest BCUT2D eigenvalue weighted by atomic mass is 10.2. The van der Waals surface area contributed by atoms with Crippen molar-refractivity contribution in [3.05, 3.63) is 39.7 Å². The molecule has 0 saturated heterocycles. The van der Waals surface area contributed by atoms with E-state index in [9.17, 15) is 14.5 Å². The SMILES string of the molecule is CSCCNCc1cc(F)cc([N+](=O)[O-])c1. The van der Waals surface area contributed by atoms with Crippen LogP contribution in [0.1, 0.15) is 5.56 Å². The van der Waals surface area contributed by atoms with E-state index in [1.54, 1.807) is 11.8 Å². The topological polar surface area (TPSA) is 55.2 Å². The fraction of sp³-hybridized carbons (Fsp3) is 0.400. The van der Waals surface area contributed by atoms with E-state index in [4.69, 9.17) is 0 Å². The zero-order valence-corrected chi connectivity index (χ0v) is 9.72. The molecule has 0 unspecified atom stereocenters. The molecule has 0 aromatic heterocycles. The van der Waals surface area contributed by atoms with Crippen molar-refractivity contribution in [2.24, 2.45) is 0 Å². The maximum absolute atomic E-state index is 13.0. The number of nitrogens with zero attached hydrogens (tertiary/aromatic N) is 1. The average molecular weight is 244 g/mol. The van der Waals surface area contributed by atoms with Gasteiger partial charge in [-0.2, -0.15) is 11.8 Å². The molecule has 0 aliphatic carbocycles. The molecule has 16 heavy (non-hydrogen) atoms. The number of rotatable bonds is 6. The smallest absolute Gasteiger partial charge is 0.272 e. The third kappa shape index (κ3) is 4.16. The van der Waals surface area contributed by atoms with Crippen molar-refractivity contribution in [1.29, 1.82) is 0 Å². The Morgan fingerprint density at radius 3 is 2.88 bits per heavy atom. The molecular weight excluding hydrogens is 231 g/mol. The first kappa shape index (κ1) is 12.9. The lowest BCUT2D eigenvalue weighted by Gasteiger charge is -2.04. The first-order chi connectivity index (χ1) is 7.63. The lowest BCUT2D eigenvalue weighted by molar-refractivity contribution is -0.385. The van der Waals surface area contributed by atoms with Gasteiger partial charge in [-0.3, -0.25) is 10.1 Å². The van der Waals surface area contributed by atoms with Crippen molar-refractivity contribution in [2.45, 2.75) is 6.54 Å². The number of hydrogen-bond acceptors (Lipinski definition) is 4. The minimum absolute atomic E-state index is 0.207. The molecule has 1 rings (SSSR count). The second kappa shape index (κ2) is 6.44. The van der Waals surface area contributed by atoms with Gasteiger partial charge >= 0.3 is 0 Å². The molecule has 0 aliphatic rings. The first-order valence-electron chi connectivity index (χ1n) is 4.77. The van der Waals surface area contributed by atoms with Gasteiger partial charge in [-0.15, -0.1) is 0 Å². The van der Waals surface area contributed by atoms with Crippen LogP contribution in [0.5, 0.6) is 0 Å². The Bertz CT molecular complexity index is 374. The highest BCUT2D eigenvalue weighted by atomic mass is 32.2. The summed E-state index contributed by atoms with van der Waals surface area (Å²) in [5.41, 5.74) is 0.384. The molecule has 0 aliphatic heterocycles. The van der Waals surface area contributed by atoms with Crippen LogP contribution in [0.3, 0.4) is 0 Å². The zero-order chi connectivity index (χ0) is 12.0. The van der Waals surface area contributed by atoms with Crippen LogP contribution in [-0.2, 0) is 6.54 Å². The van der Waals surface area contributed by atoms with E-state index in [0.717, 1.165) is 18.4 Å². The summed E-state index contributed by atoms with van der Waals surface area (Å²) in [5.74, 6) is 0.382. The Hall–Kier alpha value is -1.14. The van der Waals surface area contributed by atoms with Crippen LogP contribution in [-0.4, -0.2) is 23.5 Å². The number of thioether (sulfide) groups is 1. The lowest BCUT2D eigenvalue weighted by Crippen LogP contribution is -2.16. The quantitative estimate of drug-likeness (QED) is 0.473. The predicted molar refractivity (Wildman–Crippen MR) is 63.1 cm³/mol. The Labute approximate surface area is 97.4 Å². The standard InChI is InChI=1S/C10H13FN2O2S/c1-16-3-2-12-7-8-4-9(11)6-10(5-8)13(14)15/h4-6,12H,2-3,7H2,1H3. The third-order valence-corrected chi connectivity index (χ3v) is 2.58. The molecule has 0 saturated carbocycles. The van der Waals surface area contributed by atoms with Gasteiger partial charge in [-0.25, -0.2) is 4.39 Å². The molecule has 0 amide bonds. The summed E-state index contributed by atoms with van der Waals surface area (Å²) in [7, 11) is 0. The summed E-state index contributed by atoms with van der Waals surface area (Å²) < 4.78 is 13.0. The molecule has 6 heteroatoms. The Morgan fingerprint density at radius 1 is 1.50 bits per heavy atom. The highest BCUT2D eigenvalue weighted by Gasteiger charge is 2.09. The van der Waals surface area contributed by atoms with Crippen LogP contribution in [0.25, 0.3) is 0 Å². The second-order valence-corrected chi connectivity index (χ2v) is 4.23. The maximum Gasteiger partial charge on any atom is 0.272 e. The molecule has 1 aromatic carbocycles. The van der Waals surface area contributed by atoms with E-state index in [1.165, 1.54) is 12.1 Å². The van der Waals surface area contributed by atoms with Gasteiger partial charge < -0.3 is 5.32 Å². The number of nitro benzene ring substituents is 1. The van der Waals surface area contributed by atoms with E-state index in [0.29, 0.717) is 12.1 Å². The summed E-state index contributed by atoms with van der Waals surface area (Å²) in [6.45, 7) is 1.24. The van der Waals surface area contributed by atoms with E-state index in [1.807, 2.05) is 6.26 Å². The van der Waals surface area contributed by atoms with Crippen LogP contribution < -0.4 is 5.32 Å². The largest absolute Gasteiger partial charge is 0.312 e. The molecule has 0 radical (unpaired) electrons. The van der Waals surface area contributed by atoms with Crippen molar-refractivity contribution in [3.8, 4) is 0 Å². The normalized spacial score (nSPS) is 10.4. The highest BCUT2D eigenvalue weighted by molar-refractivity contribution is 7.98. The Morgan fingerprint density at radius 2 is 2.25 bits per heavy atom. The third-order valence-electron chi connectivity index (χ3n) is 1.97. The van der Waals surface area contributed by atoms with Crippen LogP contribution in [0.15, 0.2) is 18.2 Å². The number of nitro groups is 1. The van der Waals surface area contributed by atoms with Crippen LogP contribution in [0.2, 0.25) is 0 Å². The molecule has 4 nitrogen and oxygen atoms in total. The van der Waals surface area contributed by atoms with E-state index >= 15 is 0 Å². The predicted octanol–water partition coefficient (Wildman–Crippen LogP) is 2.19. The van der Waals surface area contributed by atoms with Gasteiger partial charge in [0.05, 0.1) is 11.0 Å². The van der Waals surface area contributed by atoms with Crippen LogP contribution >= 0.6 is 11.8 Å². The monoisotopic (exact) mass is 244 g/mol. The highest BCUT2D eigenvalue weighted by Crippen LogP contribution is 2.16. The zero-order valence-electron chi connectivity index (χ0n) is 8.90. The average Bonchev–Trinajstić information content (AvgIpc) is 2.23. The van der Waals surface area contributed by atoms with Crippen molar-refractivity contribution in [1.82, 2.24) is 5.32 Å². The fourth-order valence-electron chi connectivity index (χ4n) is 1.25. The molecule has 0 spiro atoms. The van der Waals surface area contributed by atoms with Gasteiger partial charge in [-0.05, 0) is 17.9 Å². The Kier molecular flexibility index (Phi) is 5.21. The Balaban J connectivity index is 2.62. The maximum atomic E-state index is 13.0. The van der Waals surface area contributed by atoms with Crippen molar-refractivity contribution >= 4 is 17.4 Å². The summed E-state index contributed by atoms with van der Waals surface area (Å²) in [6.07, 6.45) is 1.99.